The fraction of sp³-hybridized carbons (Fsp3) is 0.600. The van der Waals surface area contributed by atoms with Crippen molar-refractivity contribution in [2.45, 2.75) is 31.2 Å². The highest BCUT2D eigenvalue weighted by Crippen LogP contribution is 2.34. The van der Waals surface area contributed by atoms with E-state index < -0.39 is 5.54 Å². The third-order valence-electron chi connectivity index (χ3n) is 2.91. The van der Waals surface area contributed by atoms with Crippen molar-refractivity contribution in [1.82, 2.24) is 10.3 Å². The number of ketones is 1. The Morgan fingerprint density at radius 2 is 2.43 bits per heavy atom. The van der Waals surface area contributed by atoms with Crippen molar-refractivity contribution in [3.8, 4) is 0 Å². The lowest BCUT2D eigenvalue weighted by Gasteiger charge is -2.33. The van der Waals surface area contributed by atoms with E-state index in [4.69, 9.17) is 0 Å². The highest BCUT2D eigenvalue weighted by atomic mass is 32.1. The summed E-state index contributed by atoms with van der Waals surface area (Å²) in [4.78, 5) is 16.2. The smallest absolute Gasteiger partial charge is 0.159 e. The zero-order valence-electron chi connectivity index (χ0n) is 8.25. The number of rotatable bonds is 2. The van der Waals surface area contributed by atoms with Gasteiger partial charge in [-0.3, -0.25) is 4.79 Å². The van der Waals surface area contributed by atoms with E-state index in [2.05, 4.69) is 10.3 Å². The Kier molecular flexibility index (Phi) is 2.65. The Bertz CT molecular complexity index is 323. The molecule has 1 aromatic rings. The van der Waals surface area contributed by atoms with E-state index in [0.717, 1.165) is 24.3 Å². The minimum Gasteiger partial charge on any atom is -0.302 e. The number of carbonyl (C=O) groups is 1. The van der Waals surface area contributed by atoms with Gasteiger partial charge in [-0.2, -0.15) is 0 Å². The number of hydrogen-bond donors (Lipinski definition) is 1. The first-order valence-corrected chi connectivity index (χ1v) is 5.80. The van der Waals surface area contributed by atoms with Gasteiger partial charge in [-0.05, 0) is 19.9 Å². The second-order valence-corrected chi connectivity index (χ2v) is 4.52. The van der Waals surface area contributed by atoms with Crippen LogP contribution in [0.5, 0.6) is 0 Å². The second-order valence-electron chi connectivity index (χ2n) is 3.62. The number of Topliss-reactive ketones (excluding diaryl/α,β-unsaturated/α-hetero) is 1. The molecule has 0 aliphatic heterocycles. The fourth-order valence-electron chi connectivity index (χ4n) is 2.06. The predicted octanol–water partition coefficient (Wildman–Crippen LogP) is 1.70. The Balaban J connectivity index is 2.37. The Hall–Kier alpha value is -0.740. The van der Waals surface area contributed by atoms with Crippen LogP contribution in [-0.4, -0.2) is 17.8 Å². The summed E-state index contributed by atoms with van der Waals surface area (Å²) in [6, 6.07) is 0. The number of aromatic nitrogens is 1. The van der Waals surface area contributed by atoms with E-state index in [9.17, 15) is 4.79 Å². The number of carbonyl (C=O) groups excluding carboxylic acids is 1. The summed E-state index contributed by atoms with van der Waals surface area (Å²) in [6.07, 6.45) is 5.46. The molecule has 0 aromatic carbocycles. The van der Waals surface area contributed by atoms with Crippen LogP contribution in [0, 0.1) is 0 Å². The molecule has 0 radical (unpaired) electrons. The first-order valence-electron chi connectivity index (χ1n) is 4.92. The summed E-state index contributed by atoms with van der Waals surface area (Å²) in [5, 5.41) is 6.02. The Labute approximate surface area is 87.6 Å². The molecule has 0 bridgehead atoms. The van der Waals surface area contributed by atoms with Gasteiger partial charge in [0.1, 0.15) is 10.5 Å². The Morgan fingerprint density at radius 1 is 1.57 bits per heavy atom. The maximum Gasteiger partial charge on any atom is 0.159 e. The second kappa shape index (κ2) is 3.79. The number of hydrogen-bond acceptors (Lipinski definition) is 4. The third kappa shape index (κ3) is 1.38. The van der Waals surface area contributed by atoms with E-state index in [1.165, 1.54) is 0 Å². The van der Waals surface area contributed by atoms with Crippen molar-refractivity contribution in [2.75, 3.05) is 7.05 Å². The standard InChI is InChI=1S/C10H14N2OS/c1-11-10(9-12-6-7-14-9)5-3-2-4-8(10)13/h6-7,11H,2-5H2,1H3/t10-/m0/s1. The van der Waals surface area contributed by atoms with Crippen LogP contribution in [-0.2, 0) is 10.3 Å². The molecule has 2 rings (SSSR count). The van der Waals surface area contributed by atoms with Crippen LogP contribution in [0.15, 0.2) is 11.6 Å². The average Bonchev–Trinajstić information content (AvgIpc) is 2.72. The monoisotopic (exact) mass is 210 g/mol. The molecule has 1 heterocycles. The van der Waals surface area contributed by atoms with Crippen LogP contribution >= 0.6 is 11.3 Å². The summed E-state index contributed by atoms with van der Waals surface area (Å²) in [5.74, 6) is 0.293. The van der Waals surface area contributed by atoms with Crippen LogP contribution in [0.3, 0.4) is 0 Å². The summed E-state index contributed by atoms with van der Waals surface area (Å²) >= 11 is 1.56. The van der Waals surface area contributed by atoms with Crippen LogP contribution in [0.25, 0.3) is 0 Å². The maximum absolute atomic E-state index is 11.9. The molecule has 1 aliphatic carbocycles. The lowest BCUT2D eigenvalue weighted by molar-refractivity contribution is -0.127. The van der Waals surface area contributed by atoms with Gasteiger partial charge in [0.25, 0.3) is 0 Å². The first-order chi connectivity index (χ1) is 6.79. The minimum absolute atomic E-state index is 0.293. The van der Waals surface area contributed by atoms with Gasteiger partial charge < -0.3 is 5.32 Å². The molecule has 4 heteroatoms. The van der Waals surface area contributed by atoms with Crippen molar-refractivity contribution in [3.05, 3.63) is 16.6 Å². The molecule has 1 N–H and O–H groups in total. The topological polar surface area (TPSA) is 42.0 Å². The zero-order valence-corrected chi connectivity index (χ0v) is 9.06. The number of nitrogens with one attached hydrogen (secondary N) is 1. The van der Waals surface area contributed by atoms with Crippen LogP contribution in [0.2, 0.25) is 0 Å². The van der Waals surface area contributed by atoms with Gasteiger partial charge in [0.2, 0.25) is 0 Å². The molecule has 1 saturated carbocycles. The maximum atomic E-state index is 11.9. The van der Waals surface area contributed by atoms with Gasteiger partial charge in [-0.25, -0.2) is 4.98 Å². The molecule has 1 fully saturated rings. The molecule has 1 aromatic heterocycles. The SMILES string of the molecule is CN[C@@]1(c2nccs2)CCCCC1=O. The van der Waals surface area contributed by atoms with E-state index in [0.29, 0.717) is 12.2 Å². The third-order valence-corrected chi connectivity index (χ3v) is 3.84. The lowest BCUT2D eigenvalue weighted by atomic mass is 9.81. The summed E-state index contributed by atoms with van der Waals surface area (Å²) in [7, 11) is 1.85. The Morgan fingerprint density at radius 3 is 3.00 bits per heavy atom. The van der Waals surface area contributed by atoms with Crippen molar-refractivity contribution in [3.63, 3.8) is 0 Å². The normalized spacial score (nSPS) is 27.9. The van der Waals surface area contributed by atoms with Crippen LogP contribution in [0.1, 0.15) is 30.7 Å². The molecule has 14 heavy (non-hydrogen) atoms. The highest BCUT2D eigenvalue weighted by molar-refractivity contribution is 7.09. The van der Waals surface area contributed by atoms with Crippen LogP contribution < -0.4 is 5.32 Å². The quantitative estimate of drug-likeness (QED) is 0.808. The van der Waals surface area contributed by atoms with E-state index in [1.807, 2.05) is 12.4 Å². The molecule has 1 atom stereocenters. The minimum atomic E-state index is -0.480. The summed E-state index contributed by atoms with van der Waals surface area (Å²) in [5.41, 5.74) is -0.480. The molecular formula is C10H14N2OS. The number of likely N-dealkylation sites (N-methyl/N-ethyl adjacent to an activating group) is 1. The van der Waals surface area contributed by atoms with Crippen molar-refractivity contribution in [2.24, 2.45) is 0 Å². The summed E-state index contributed by atoms with van der Waals surface area (Å²) < 4.78 is 0. The summed E-state index contributed by atoms with van der Waals surface area (Å²) in [6.45, 7) is 0. The number of nitrogens with zero attached hydrogens (tertiary/aromatic N) is 1. The number of thiazole rings is 1. The van der Waals surface area contributed by atoms with Gasteiger partial charge in [0.15, 0.2) is 5.78 Å². The van der Waals surface area contributed by atoms with Crippen molar-refractivity contribution in [1.29, 1.82) is 0 Å². The van der Waals surface area contributed by atoms with E-state index in [1.54, 1.807) is 17.5 Å². The molecule has 0 spiro atoms. The molecule has 0 unspecified atom stereocenters. The van der Waals surface area contributed by atoms with E-state index in [-0.39, 0.29) is 0 Å². The molecule has 76 valence electrons. The zero-order chi connectivity index (χ0) is 10.0. The fourth-order valence-corrected chi connectivity index (χ4v) is 2.95. The molecule has 1 aliphatic rings. The van der Waals surface area contributed by atoms with E-state index >= 15 is 0 Å². The van der Waals surface area contributed by atoms with Crippen molar-refractivity contribution >= 4 is 17.1 Å². The highest BCUT2D eigenvalue weighted by Gasteiger charge is 2.41. The molecular weight excluding hydrogens is 196 g/mol. The predicted molar refractivity (Wildman–Crippen MR) is 56.3 cm³/mol. The van der Waals surface area contributed by atoms with Crippen molar-refractivity contribution < 1.29 is 4.79 Å². The largest absolute Gasteiger partial charge is 0.302 e. The van der Waals surface area contributed by atoms with Gasteiger partial charge in [-0.15, -0.1) is 11.3 Å². The molecule has 3 nitrogen and oxygen atoms in total. The molecule has 0 amide bonds. The van der Waals surface area contributed by atoms with Gasteiger partial charge in [0.05, 0.1) is 0 Å². The first kappa shape index (κ1) is 9.80. The van der Waals surface area contributed by atoms with Gasteiger partial charge in [-0.1, -0.05) is 6.42 Å². The lowest BCUT2D eigenvalue weighted by Crippen LogP contribution is -2.49. The van der Waals surface area contributed by atoms with Crippen LogP contribution in [0.4, 0.5) is 0 Å². The van der Waals surface area contributed by atoms with Gasteiger partial charge in [0, 0.05) is 18.0 Å². The van der Waals surface area contributed by atoms with Gasteiger partial charge >= 0.3 is 0 Å². The average molecular weight is 210 g/mol. The molecule has 0 saturated heterocycles.